The largest absolute Gasteiger partial charge is 0.469 e. The highest BCUT2D eigenvalue weighted by molar-refractivity contribution is 6.04. The number of hydrogen-bond donors (Lipinski definition) is 2. The summed E-state index contributed by atoms with van der Waals surface area (Å²) >= 11 is 0. The van der Waals surface area contributed by atoms with Crippen LogP contribution in [0.4, 0.5) is 5.82 Å². The van der Waals surface area contributed by atoms with Crippen molar-refractivity contribution in [2.75, 3.05) is 11.9 Å². The zero-order chi connectivity index (χ0) is 16.2. The molecule has 0 aliphatic heterocycles. The Kier molecular flexibility index (Phi) is 4.25. The van der Waals surface area contributed by atoms with Crippen molar-refractivity contribution < 1.29 is 14.3 Å². The van der Waals surface area contributed by atoms with E-state index in [9.17, 15) is 9.90 Å². The topological polar surface area (TPSA) is 80.3 Å². The Morgan fingerprint density at radius 3 is 2.74 bits per heavy atom. The lowest BCUT2D eigenvalue weighted by Gasteiger charge is -2.07. The monoisotopic (exact) mass is 311 g/mol. The Morgan fingerprint density at radius 2 is 2.09 bits per heavy atom. The molecule has 3 rings (SSSR count). The quantitative estimate of drug-likeness (QED) is 0.759. The van der Waals surface area contributed by atoms with Gasteiger partial charge in [-0.3, -0.25) is 4.79 Å². The number of benzene rings is 1. The van der Waals surface area contributed by atoms with E-state index in [0.717, 1.165) is 11.3 Å². The van der Waals surface area contributed by atoms with Crippen LogP contribution < -0.4 is 5.32 Å². The maximum atomic E-state index is 12.3. The highest BCUT2D eigenvalue weighted by atomic mass is 16.3. The third kappa shape index (κ3) is 3.17. The molecule has 118 valence electrons. The highest BCUT2D eigenvalue weighted by Gasteiger charge is 2.15. The standard InChI is InChI=1S/C17H17N3O3/c1-12-14(7-10-23-12)15-11-16(20(19-15)8-9-21)18-17(22)13-5-3-2-4-6-13/h2-7,10-11,21H,8-9H2,1H3,(H,18,22). The number of amides is 1. The van der Waals surface area contributed by atoms with Crippen molar-refractivity contribution in [3.05, 3.63) is 60.1 Å². The van der Waals surface area contributed by atoms with Crippen molar-refractivity contribution in [2.45, 2.75) is 13.5 Å². The number of aliphatic hydroxyl groups excluding tert-OH is 1. The van der Waals surface area contributed by atoms with Gasteiger partial charge in [0.1, 0.15) is 11.6 Å². The SMILES string of the molecule is Cc1occc1-c1cc(NC(=O)c2ccccc2)n(CCO)n1. The van der Waals surface area contributed by atoms with Crippen LogP contribution >= 0.6 is 0 Å². The van der Waals surface area contributed by atoms with Gasteiger partial charge in [0, 0.05) is 17.2 Å². The van der Waals surface area contributed by atoms with Crippen LogP contribution in [0.1, 0.15) is 16.1 Å². The number of carbonyl (C=O) groups excluding carboxylic acids is 1. The van der Waals surface area contributed by atoms with E-state index in [1.807, 2.05) is 19.1 Å². The second-order valence-corrected chi connectivity index (χ2v) is 5.07. The zero-order valence-electron chi connectivity index (χ0n) is 12.7. The van der Waals surface area contributed by atoms with Crippen molar-refractivity contribution >= 4 is 11.7 Å². The summed E-state index contributed by atoms with van der Waals surface area (Å²) in [7, 11) is 0. The molecule has 0 atom stereocenters. The van der Waals surface area contributed by atoms with Gasteiger partial charge in [-0.15, -0.1) is 0 Å². The molecule has 0 bridgehead atoms. The molecule has 2 N–H and O–H groups in total. The summed E-state index contributed by atoms with van der Waals surface area (Å²) in [4.78, 5) is 12.3. The lowest BCUT2D eigenvalue weighted by atomic mass is 10.2. The summed E-state index contributed by atoms with van der Waals surface area (Å²) in [5.74, 6) is 1.06. The second kappa shape index (κ2) is 6.50. The summed E-state index contributed by atoms with van der Waals surface area (Å²) in [5, 5.41) is 16.5. The Morgan fingerprint density at radius 1 is 1.30 bits per heavy atom. The lowest BCUT2D eigenvalue weighted by Crippen LogP contribution is -2.16. The van der Waals surface area contributed by atoms with Gasteiger partial charge in [0.05, 0.1) is 25.1 Å². The zero-order valence-corrected chi connectivity index (χ0v) is 12.7. The van der Waals surface area contributed by atoms with Gasteiger partial charge in [-0.2, -0.15) is 5.10 Å². The van der Waals surface area contributed by atoms with E-state index in [4.69, 9.17) is 4.42 Å². The Hall–Kier alpha value is -2.86. The van der Waals surface area contributed by atoms with Gasteiger partial charge in [0.2, 0.25) is 0 Å². The van der Waals surface area contributed by atoms with Gasteiger partial charge in [0.25, 0.3) is 5.91 Å². The first-order chi connectivity index (χ1) is 11.2. The molecule has 0 saturated heterocycles. The van der Waals surface area contributed by atoms with Gasteiger partial charge in [-0.1, -0.05) is 18.2 Å². The molecule has 0 unspecified atom stereocenters. The molecule has 6 nitrogen and oxygen atoms in total. The van der Waals surface area contributed by atoms with Crippen molar-refractivity contribution in [3.8, 4) is 11.3 Å². The Labute approximate surface area is 133 Å². The molecule has 3 aromatic rings. The van der Waals surface area contributed by atoms with Crippen molar-refractivity contribution in [2.24, 2.45) is 0 Å². The molecule has 0 fully saturated rings. The molecule has 23 heavy (non-hydrogen) atoms. The van der Waals surface area contributed by atoms with Crippen LogP contribution in [-0.4, -0.2) is 27.4 Å². The smallest absolute Gasteiger partial charge is 0.256 e. The third-order valence-electron chi connectivity index (χ3n) is 3.50. The predicted octanol–water partition coefficient (Wildman–Crippen LogP) is 2.70. The highest BCUT2D eigenvalue weighted by Crippen LogP contribution is 2.26. The minimum atomic E-state index is -0.222. The minimum absolute atomic E-state index is 0.0697. The number of anilines is 1. The number of furan rings is 1. The van der Waals surface area contributed by atoms with E-state index in [0.29, 0.717) is 23.6 Å². The van der Waals surface area contributed by atoms with Crippen LogP contribution in [0.15, 0.2) is 53.1 Å². The van der Waals surface area contributed by atoms with E-state index in [2.05, 4.69) is 10.4 Å². The summed E-state index contributed by atoms with van der Waals surface area (Å²) in [6.45, 7) is 2.07. The number of aromatic nitrogens is 2. The summed E-state index contributed by atoms with van der Waals surface area (Å²) in [6.07, 6.45) is 1.60. The van der Waals surface area contributed by atoms with Crippen LogP contribution in [0.2, 0.25) is 0 Å². The number of aliphatic hydroxyl groups is 1. The normalized spacial score (nSPS) is 10.7. The van der Waals surface area contributed by atoms with E-state index in [1.54, 1.807) is 41.3 Å². The van der Waals surface area contributed by atoms with Crippen LogP contribution in [0.25, 0.3) is 11.3 Å². The number of carbonyl (C=O) groups is 1. The number of aryl methyl sites for hydroxylation is 1. The van der Waals surface area contributed by atoms with E-state index in [1.165, 1.54) is 0 Å². The third-order valence-corrected chi connectivity index (χ3v) is 3.50. The Bertz CT molecular complexity index is 806. The minimum Gasteiger partial charge on any atom is -0.469 e. The maximum Gasteiger partial charge on any atom is 0.256 e. The fourth-order valence-corrected chi connectivity index (χ4v) is 2.34. The first kappa shape index (κ1) is 15.1. The van der Waals surface area contributed by atoms with Gasteiger partial charge < -0.3 is 14.8 Å². The van der Waals surface area contributed by atoms with E-state index < -0.39 is 0 Å². The lowest BCUT2D eigenvalue weighted by molar-refractivity contribution is 0.102. The van der Waals surface area contributed by atoms with Gasteiger partial charge >= 0.3 is 0 Å². The molecule has 0 aliphatic rings. The fraction of sp³-hybridized carbons (Fsp3) is 0.176. The number of nitrogens with zero attached hydrogens (tertiary/aromatic N) is 2. The predicted molar refractivity (Wildman–Crippen MR) is 86.1 cm³/mol. The molecule has 0 saturated carbocycles. The molecular formula is C17H17N3O3. The van der Waals surface area contributed by atoms with Crippen LogP contribution in [0.5, 0.6) is 0 Å². The van der Waals surface area contributed by atoms with Gasteiger partial charge in [-0.05, 0) is 25.1 Å². The molecule has 2 heterocycles. The number of hydrogen-bond acceptors (Lipinski definition) is 4. The van der Waals surface area contributed by atoms with Gasteiger partial charge in [-0.25, -0.2) is 4.68 Å². The summed E-state index contributed by atoms with van der Waals surface area (Å²) < 4.78 is 6.86. The first-order valence-electron chi connectivity index (χ1n) is 7.28. The fourth-order valence-electron chi connectivity index (χ4n) is 2.34. The first-order valence-corrected chi connectivity index (χ1v) is 7.28. The van der Waals surface area contributed by atoms with Gasteiger partial charge in [0.15, 0.2) is 0 Å². The van der Waals surface area contributed by atoms with E-state index >= 15 is 0 Å². The molecule has 6 heteroatoms. The van der Waals surface area contributed by atoms with Crippen LogP contribution in [-0.2, 0) is 6.54 Å². The molecule has 1 amide bonds. The van der Waals surface area contributed by atoms with Crippen molar-refractivity contribution in [3.63, 3.8) is 0 Å². The molecule has 0 radical (unpaired) electrons. The summed E-state index contributed by atoms with van der Waals surface area (Å²) in [5.41, 5.74) is 2.11. The molecular weight excluding hydrogens is 294 g/mol. The van der Waals surface area contributed by atoms with Crippen molar-refractivity contribution in [1.29, 1.82) is 0 Å². The number of rotatable bonds is 5. The molecule has 2 aromatic heterocycles. The van der Waals surface area contributed by atoms with Crippen molar-refractivity contribution in [1.82, 2.24) is 9.78 Å². The molecule has 1 aromatic carbocycles. The number of nitrogens with one attached hydrogen (secondary N) is 1. The van der Waals surface area contributed by atoms with Crippen LogP contribution in [0.3, 0.4) is 0 Å². The molecule has 0 spiro atoms. The maximum absolute atomic E-state index is 12.3. The average molecular weight is 311 g/mol. The molecule has 0 aliphatic carbocycles. The summed E-state index contributed by atoms with van der Waals surface area (Å²) in [6, 6.07) is 12.5. The van der Waals surface area contributed by atoms with E-state index in [-0.39, 0.29) is 12.5 Å². The Balaban J connectivity index is 1.90. The second-order valence-electron chi connectivity index (χ2n) is 5.07. The van der Waals surface area contributed by atoms with Crippen LogP contribution in [0, 0.1) is 6.92 Å². The average Bonchev–Trinajstić information content (AvgIpc) is 3.15.